The van der Waals surface area contributed by atoms with Gasteiger partial charge in [-0.3, -0.25) is 0 Å². The number of nitrogens with zero attached hydrogens (tertiary/aromatic N) is 1. The van der Waals surface area contributed by atoms with Crippen molar-refractivity contribution in [1.29, 1.82) is 0 Å². The van der Waals surface area contributed by atoms with Crippen LogP contribution < -0.4 is 10.1 Å². The van der Waals surface area contributed by atoms with Gasteiger partial charge in [-0.15, -0.1) is 11.3 Å². The highest BCUT2D eigenvalue weighted by molar-refractivity contribution is 7.09. The van der Waals surface area contributed by atoms with Crippen molar-refractivity contribution in [1.82, 2.24) is 10.3 Å². The van der Waals surface area contributed by atoms with Crippen molar-refractivity contribution < 1.29 is 4.74 Å². The van der Waals surface area contributed by atoms with Gasteiger partial charge in [0.05, 0.1) is 6.61 Å². The van der Waals surface area contributed by atoms with Crippen molar-refractivity contribution in [2.75, 3.05) is 13.2 Å². The van der Waals surface area contributed by atoms with Crippen LogP contribution in [0.15, 0.2) is 29.6 Å². The van der Waals surface area contributed by atoms with Gasteiger partial charge in [0.15, 0.2) is 0 Å². The molecule has 0 amide bonds. The molecule has 0 bridgehead atoms. The van der Waals surface area contributed by atoms with Gasteiger partial charge < -0.3 is 10.1 Å². The summed E-state index contributed by atoms with van der Waals surface area (Å²) >= 11 is 1.77. The minimum atomic E-state index is 0.665. The Bertz CT molecular complexity index is 538. The summed E-state index contributed by atoms with van der Waals surface area (Å²) in [6.07, 6.45) is 0.941. The van der Waals surface area contributed by atoms with Crippen LogP contribution in [0.1, 0.15) is 30.0 Å². The van der Waals surface area contributed by atoms with Gasteiger partial charge in [0.25, 0.3) is 0 Å². The fraction of sp³-hybridized carbons (Fsp3) is 0.471. The van der Waals surface area contributed by atoms with Gasteiger partial charge in [-0.1, -0.05) is 26.0 Å². The van der Waals surface area contributed by atoms with Crippen LogP contribution in [0, 0.1) is 12.8 Å². The van der Waals surface area contributed by atoms with Gasteiger partial charge in [0, 0.05) is 29.6 Å². The van der Waals surface area contributed by atoms with E-state index in [2.05, 4.69) is 47.7 Å². The first-order valence-corrected chi connectivity index (χ1v) is 8.35. The van der Waals surface area contributed by atoms with E-state index in [1.807, 2.05) is 13.0 Å². The van der Waals surface area contributed by atoms with E-state index in [1.54, 1.807) is 11.3 Å². The molecule has 1 N–H and O–H groups in total. The molecule has 114 valence electrons. The highest BCUT2D eigenvalue weighted by Crippen LogP contribution is 2.14. The zero-order valence-electron chi connectivity index (χ0n) is 13.1. The normalized spacial score (nSPS) is 11.0. The topological polar surface area (TPSA) is 34.1 Å². The van der Waals surface area contributed by atoms with Crippen LogP contribution in [0.5, 0.6) is 5.88 Å². The number of aromatic nitrogens is 1. The first kappa shape index (κ1) is 16.0. The standard InChI is InChI=1S/C17H24N2OS/c1-13(2)11-18-12-15-6-7-17(19-14(15)3)20-9-8-16-5-4-10-21-16/h4-7,10,13,18H,8-9,11-12H2,1-3H3. The van der Waals surface area contributed by atoms with E-state index in [1.165, 1.54) is 10.4 Å². The Kier molecular flexibility index (Phi) is 6.21. The quantitative estimate of drug-likeness (QED) is 0.805. The van der Waals surface area contributed by atoms with Crippen molar-refractivity contribution in [2.24, 2.45) is 5.92 Å². The van der Waals surface area contributed by atoms with Crippen LogP contribution in [0.4, 0.5) is 0 Å². The molecule has 2 rings (SSSR count). The molecule has 2 heterocycles. The van der Waals surface area contributed by atoms with E-state index < -0.39 is 0 Å². The lowest BCUT2D eigenvalue weighted by Gasteiger charge is -2.11. The monoisotopic (exact) mass is 304 g/mol. The van der Waals surface area contributed by atoms with Crippen LogP contribution in [-0.2, 0) is 13.0 Å². The first-order valence-electron chi connectivity index (χ1n) is 7.47. The fourth-order valence-electron chi connectivity index (χ4n) is 2.04. The van der Waals surface area contributed by atoms with Crippen LogP contribution in [0.2, 0.25) is 0 Å². The molecule has 0 aliphatic rings. The summed E-state index contributed by atoms with van der Waals surface area (Å²) in [7, 11) is 0. The average molecular weight is 304 g/mol. The largest absolute Gasteiger partial charge is 0.477 e. The molecule has 0 saturated heterocycles. The summed E-state index contributed by atoms with van der Waals surface area (Å²) in [6, 6.07) is 8.28. The molecule has 0 aliphatic carbocycles. The van der Waals surface area contributed by atoms with E-state index >= 15 is 0 Å². The molecular formula is C17H24N2OS. The summed E-state index contributed by atoms with van der Waals surface area (Å²) in [4.78, 5) is 5.88. The maximum atomic E-state index is 5.73. The first-order chi connectivity index (χ1) is 10.1. The molecule has 0 radical (unpaired) electrons. The molecular weight excluding hydrogens is 280 g/mol. The number of hydrogen-bond donors (Lipinski definition) is 1. The molecule has 0 atom stereocenters. The van der Waals surface area contributed by atoms with Crippen LogP contribution in [-0.4, -0.2) is 18.1 Å². The Morgan fingerprint density at radius 2 is 2.14 bits per heavy atom. The predicted molar refractivity (Wildman–Crippen MR) is 89.0 cm³/mol. The number of ether oxygens (including phenoxy) is 1. The summed E-state index contributed by atoms with van der Waals surface area (Å²) in [6.45, 7) is 9.03. The van der Waals surface area contributed by atoms with E-state index in [4.69, 9.17) is 4.74 Å². The summed E-state index contributed by atoms with van der Waals surface area (Å²) in [5, 5.41) is 5.54. The minimum absolute atomic E-state index is 0.665. The van der Waals surface area contributed by atoms with E-state index in [0.717, 1.165) is 31.1 Å². The molecule has 21 heavy (non-hydrogen) atoms. The van der Waals surface area contributed by atoms with Crippen LogP contribution >= 0.6 is 11.3 Å². The van der Waals surface area contributed by atoms with Crippen molar-refractivity contribution >= 4 is 11.3 Å². The van der Waals surface area contributed by atoms with Gasteiger partial charge >= 0.3 is 0 Å². The predicted octanol–water partition coefficient (Wildman–Crippen LogP) is 3.82. The van der Waals surface area contributed by atoms with E-state index in [0.29, 0.717) is 12.5 Å². The second-order valence-electron chi connectivity index (χ2n) is 5.60. The number of pyridine rings is 1. The Labute approximate surface area is 131 Å². The van der Waals surface area contributed by atoms with Crippen molar-refractivity contribution in [3.8, 4) is 5.88 Å². The van der Waals surface area contributed by atoms with Gasteiger partial charge in [-0.05, 0) is 36.4 Å². The zero-order chi connectivity index (χ0) is 15.1. The molecule has 2 aromatic rings. The molecule has 0 unspecified atom stereocenters. The fourth-order valence-corrected chi connectivity index (χ4v) is 2.73. The SMILES string of the molecule is Cc1nc(OCCc2cccs2)ccc1CNCC(C)C. The van der Waals surface area contributed by atoms with Crippen molar-refractivity contribution in [3.63, 3.8) is 0 Å². The lowest BCUT2D eigenvalue weighted by Crippen LogP contribution is -2.19. The number of nitrogens with one attached hydrogen (secondary N) is 1. The number of aryl methyl sites for hydroxylation is 1. The molecule has 0 fully saturated rings. The zero-order valence-corrected chi connectivity index (χ0v) is 13.9. The second-order valence-corrected chi connectivity index (χ2v) is 6.63. The average Bonchev–Trinajstić information content (AvgIpc) is 2.94. The smallest absolute Gasteiger partial charge is 0.213 e. The third-order valence-electron chi connectivity index (χ3n) is 3.22. The molecule has 0 aliphatic heterocycles. The van der Waals surface area contributed by atoms with Gasteiger partial charge in [-0.25, -0.2) is 4.98 Å². The molecule has 0 spiro atoms. The maximum absolute atomic E-state index is 5.73. The number of rotatable bonds is 8. The lowest BCUT2D eigenvalue weighted by molar-refractivity contribution is 0.309. The number of hydrogen-bond acceptors (Lipinski definition) is 4. The lowest BCUT2D eigenvalue weighted by atomic mass is 10.2. The molecule has 4 heteroatoms. The Morgan fingerprint density at radius 1 is 1.29 bits per heavy atom. The summed E-state index contributed by atoms with van der Waals surface area (Å²) < 4.78 is 5.73. The van der Waals surface area contributed by atoms with Gasteiger partial charge in [0.1, 0.15) is 0 Å². The third-order valence-corrected chi connectivity index (χ3v) is 4.15. The Morgan fingerprint density at radius 3 is 2.81 bits per heavy atom. The van der Waals surface area contributed by atoms with Crippen LogP contribution in [0.25, 0.3) is 0 Å². The molecule has 0 aromatic carbocycles. The highest BCUT2D eigenvalue weighted by atomic mass is 32.1. The van der Waals surface area contributed by atoms with E-state index in [-0.39, 0.29) is 0 Å². The van der Waals surface area contributed by atoms with Crippen molar-refractivity contribution in [2.45, 2.75) is 33.7 Å². The van der Waals surface area contributed by atoms with E-state index in [9.17, 15) is 0 Å². The third kappa shape index (κ3) is 5.48. The van der Waals surface area contributed by atoms with Gasteiger partial charge in [-0.2, -0.15) is 0 Å². The molecule has 0 saturated carbocycles. The van der Waals surface area contributed by atoms with Crippen molar-refractivity contribution in [3.05, 3.63) is 45.8 Å². The minimum Gasteiger partial charge on any atom is -0.477 e. The highest BCUT2D eigenvalue weighted by Gasteiger charge is 2.04. The maximum Gasteiger partial charge on any atom is 0.213 e. The molecule has 2 aromatic heterocycles. The Balaban J connectivity index is 1.80. The summed E-state index contributed by atoms with van der Waals surface area (Å²) in [5.74, 6) is 1.38. The second kappa shape index (κ2) is 8.15. The van der Waals surface area contributed by atoms with Gasteiger partial charge in [0.2, 0.25) is 5.88 Å². The Hall–Kier alpha value is -1.39. The molecule has 3 nitrogen and oxygen atoms in total. The number of thiophene rings is 1. The van der Waals surface area contributed by atoms with Crippen LogP contribution in [0.3, 0.4) is 0 Å². The summed E-state index contributed by atoms with van der Waals surface area (Å²) in [5.41, 5.74) is 2.28.